The van der Waals surface area contributed by atoms with Crippen molar-refractivity contribution >= 4 is 27.3 Å². The summed E-state index contributed by atoms with van der Waals surface area (Å²) in [5.41, 5.74) is 1.65. The van der Waals surface area contributed by atoms with Crippen LogP contribution in [0.2, 0.25) is 0 Å². The van der Waals surface area contributed by atoms with Crippen molar-refractivity contribution in [2.24, 2.45) is 0 Å². The van der Waals surface area contributed by atoms with Crippen molar-refractivity contribution < 1.29 is 18.0 Å². The summed E-state index contributed by atoms with van der Waals surface area (Å²) in [7, 11) is 0. The molecule has 0 amide bonds. The maximum Gasteiger partial charge on any atom is 0.450 e. The number of fused-ring (bicyclic) bond motifs is 1. The number of Topliss-reactive ketones (excluding diaryl/α,β-unsaturated/α-hetero) is 1. The van der Waals surface area contributed by atoms with Crippen LogP contribution in [-0.4, -0.2) is 16.9 Å². The Hall–Kier alpha value is -1.43. The standard InChI is InChI=1S/C14H14F3NOS/c1-13(2,3)8-4-5-10-9(6-8)18-12(20-10)7-11(19)14(15,16)17/h4-6H,7H2,1-3H3. The van der Waals surface area contributed by atoms with E-state index in [0.717, 1.165) is 21.6 Å². The molecule has 1 aromatic carbocycles. The average Bonchev–Trinajstić information content (AvgIpc) is 2.67. The van der Waals surface area contributed by atoms with Crippen LogP contribution in [0.1, 0.15) is 31.3 Å². The quantitative estimate of drug-likeness (QED) is 0.829. The molecule has 0 unspecified atom stereocenters. The summed E-state index contributed by atoms with van der Waals surface area (Å²) in [6.07, 6.45) is -5.48. The van der Waals surface area contributed by atoms with E-state index in [1.807, 2.05) is 18.2 Å². The molecule has 0 aliphatic rings. The zero-order valence-corrected chi connectivity index (χ0v) is 12.2. The first-order chi connectivity index (χ1) is 9.07. The van der Waals surface area contributed by atoms with Crippen molar-refractivity contribution in [3.05, 3.63) is 28.8 Å². The molecule has 2 rings (SSSR count). The topological polar surface area (TPSA) is 30.0 Å². The largest absolute Gasteiger partial charge is 0.450 e. The van der Waals surface area contributed by atoms with Crippen LogP contribution < -0.4 is 0 Å². The zero-order chi connectivity index (χ0) is 15.1. The molecule has 108 valence electrons. The lowest BCUT2D eigenvalue weighted by Crippen LogP contribution is -2.24. The zero-order valence-electron chi connectivity index (χ0n) is 11.3. The van der Waals surface area contributed by atoms with Crippen molar-refractivity contribution in [3.63, 3.8) is 0 Å². The maximum atomic E-state index is 12.2. The molecule has 20 heavy (non-hydrogen) atoms. The number of benzene rings is 1. The van der Waals surface area contributed by atoms with Crippen LogP contribution >= 0.6 is 11.3 Å². The van der Waals surface area contributed by atoms with Crippen molar-refractivity contribution in [2.75, 3.05) is 0 Å². The number of rotatable bonds is 2. The van der Waals surface area contributed by atoms with Crippen LogP contribution in [0, 0.1) is 0 Å². The number of thiazole rings is 1. The molecule has 6 heteroatoms. The Labute approximate surface area is 118 Å². The van der Waals surface area contributed by atoms with E-state index in [0.29, 0.717) is 5.52 Å². The maximum absolute atomic E-state index is 12.2. The van der Waals surface area contributed by atoms with Crippen molar-refractivity contribution in [2.45, 2.75) is 38.8 Å². The number of nitrogens with zero attached hydrogens (tertiary/aromatic N) is 1. The van der Waals surface area contributed by atoms with Gasteiger partial charge in [-0.1, -0.05) is 26.8 Å². The van der Waals surface area contributed by atoms with Crippen molar-refractivity contribution in [3.8, 4) is 0 Å². The summed E-state index contributed by atoms with van der Waals surface area (Å²) < 4.78 is 37.5. The van der Waals surface area contributed by atoms with Gasteiger partial charge in [0.1, 0.15) is 5.01 Å². The van der Waals surface area contributed by atoms with E-state index in [9.17, 15) is 18.0 Å². The van der Waals surface area contributed by atoms with E-state index in [1.165, 1.54) is 0 Å². The first-order valence-electron chi connectivity index (χ1n) is 6.07. The van der Waals surface area contributed by atoms with Crippen LogP contribution in [0.15, 0.2) is 18.2 Å². The molecule has 1 aromatic heterocycles. The highest BCUT2D eigenvalue weighted by Gasteiger charge is 2.38. The molecule has 0 spiro atoms. The van der Waals surface area contributed by atoms with E-state index < -0.39 is 18.4 Å². The number of aromatic nitrogens is 1. The van der Waals surface area contributed by atoms with Gasteiger partial charge < -0.3 is 0 Å². The second-order valence-corrected chi connectivity index (χ2v) is 6.75. The second kappa shape index (κ2) is 4.84. The van der Waals surface area contributed by atoms with Crippen molar-refractivity contribution in [1.82, 2.24) is 4.98 Å². The summed E-state index contributed by atoms with van der Waals surface area (Å²) in [5, 5.41) is 0.202. The molecule has 2 aromatic rings. The monoisotopic (exact) mass is 301 g/mol. The van der Waals surface area contributed by atoms with Gasteiger partial charge in [-0.15, -0.1) is 11.3 Å². The lowest BCUT2D eigenvalue weighted by Gasteiger charge is -2.18. The number of hydrogen-bond donors (Lipinski definition) is 0. The van der Waals surface area contributed by atoms with E-state index in [4.69, 9.17) is 0 Å². The molecule has 0 fully saturated rings. The fourth-order valence-corrected chi connectivity index (χ4v) is 2.70. The minimum Gasteiger partial charge on any atom is -0.289 e. The molecule has 0 radical (unpaired) electrons. The van der Waals surface area contributed by atoms with Crippen LogP contribution in [0.3, 0.4) is 0 Å². The number of carbonyl (C=O) groups excluding carboxylic acids is 1. The highest BCUT2D eigenvalue weighted by Crippen LogP contribution is 2.30. The van der Waals surface area contributed by atoms with Gasteiger partial charge in [0.15, 0.2) is 0 Å². The molecule has 2 nitrogen and oxygen atoms in total. The summed E-state index contributed by atoms with van der Waals surface area (Å²) in [4.78, 5) is 15.1. The highest BCUT2D eigenvalue weighted by atomic mass is 32.1. The molecular formula is C14H14F3NOS. The van der Waals surface area contributed by atoms with E-state index in [1.54, 1.807) is 0 Å². The third-order valence-electron chi connectivity index (χ3n) is 2.93. The molecular weight excluding hydrogens is 287 g/mol. The molecule has 0 aliphatic heterocycles. The smallest absolute Gasteiger partial charge is 0.289 e. The van der Waals surface area contributed by atoms with Crippen LogP contribution in [0.25, 0.3) is 10.2 Å². The Kier molecular flexibility index (Phi) is 3.62. The lowest BCUT2D eigenvalue weighted by molar-refractivity contribution is -0.170. The molecule has 1 heterocycles. The van der Waals surface area contributed by atoms with E-state index in [2.05, 4.69) is 25.8 Å². The van der Waals surface area contributed by atoms with Gasteiger partial charge in [0.25, 0.3) is 0 Å². The van der Waals surface area contributed by atoms with Crippen LogP contribution in [0.4, 0.5) is 13.2 Å². The Morgan fingerprint density at radius 1 is 1.25 bits per heavy atom. The molecule has 0 aliphatic carbocycles. The highest BCUT2D eigenvalue weighted by molar-refractivity contribution is 7.18. The van der Waals surface area contributed by atoms with Gasteiger partial charge >= 0.3 is 6.18 Å². The molecule has 0 saturated heterocycles. The first-order valence-corrected chi connectivity index (χ1v) is 6.89. The van der Waals surface area contributed by atoms with Gasteiger partial charge in [0.05, 0.1) is 16.6 Å². The number of ketones is 1. The SMILES string of the molecule is CC(C)(C)c1ccc2sc(CC(=O)C(F)(F)F)nc2c1. The third-order valence-corrected chi connectivity index (χ3v) is 3.96. The number of halogens is 3. The van der Waals surface area contributed by atoms with Crippen molar-refractivity contribution in [1.29, 1.82) is 0 Å². The normalized spacial score (nSPS) is 12.9. The van der Waals surface area contributed by atoms with Gasteiger partial charge in [0, 0.05) is 0 Å². The predicted molar refractivity (Wildman–Crippen MR) is 73.1 cm³/mol. The fraction of sp³-hybridized carbons (Fsp3) is 0.429. The Balaban J connectivity index is 2.33. The van der Waals surface area contributed by atoms with Gasteiger partial charge in [-0.3, -0.25) is 4.79 Å². The second-order valence-electron chi connectivity index (χ2n) is 5.64. The van der Waals surface area contributed by atoms with Gasteiger partial charge in [-0.2, -0.15) is 13.2 Å². The minimum atomic E-state index is -4.80. The summed E-state index contributed by atoms with van der Waals surface area (Å²) in [6.45, 7) is 6.15. The first kappa shape index (κ1) is 15.0. The Morgan fingerprint density at radius 2 is 1.90 bits per heavy atom. The third kappa shape index (κ3) is 3.17. The molecule has 0 bridgehead atoms. The van der Waals surface area contributed by atoms with Crippen LogP contribution in [-0.2, 0) is 16.6 Å². The lowest BCUT2D eigenvalue weighted by atomic mass is 9.87. The fourth-order valence-electron chi connectivity index (χ4n) is 1.75. The van der Waals surface area contributed by atoms with Gasteiger partial charge in [0.2, 0.25) is 5.78 Å². The van der Waals surface area contributed by atoms with E-state index in [-0.39, 0.29) is 10.4 Å². The Morgan fingerprint density at radius 3 is 2.45 bits per heavy atom. The number of carbonyl (C=O) groups is 1. The predicted octanol–water partition coefficient (Wildman–Crippen LogP) is 4.27. The average molecular weight is 301 g/mol. The summed E-state index contributed by atoms with van der Waals surface area (Å²) >= 11 is 1.13. The van der Waals surface area contributed by atoms with Crippen LogP contribution in [0.5, 0.6) is 0 Å². The van der Waals surface area contributed by atoms with Gasteiger partial charge in [-0.25, -0.2) is 4.98 Å². The minimum absolute atomic E-state index is 0.0558. The molecule has 0 atom stereocenters. The summed E-state index contributed by atoms with van der Waals surface area (Å²) in [5.74, 6) is -1.76. The van der Waals surface area contributed by atoms with Gasteiger partial charge in [-0.05, 0) is 23.1 Å². The molecule has 0 N–H and O–H groups in total. The summed E-state index contributed by atoms with van der Waals surface area (Å²) in [6, 6.07) is 5.65. The number of hydrogen-bond acceptors (Lipinski definition) is 3. The number of alkyl halides is 3. The Bertz CT molecular complexity index is 652. The van der Waals surface area contributed by atoms with E-state index >= 15 is 0 Å². The molecule has 0 saturated carbocycles.